The average molecular weight is 333 g/mol. The van der Waals surface area contributed by atoms with Gasteiger partial charge in [-0.1, -0.05) is 36.7 Å². The molecule has 1 fully saturated rings. The Kier molecular flexibility index (Phi) is 4.98. The van der Waals surface area contributed by atoms with Crippen molar-refractivity contribution < 1.29 is 4.79 Å². The molecule has 0 atom stereocenters. The van der Waals surface area contributed by atoms with Gasteiger partial charge in [-0.3, -0.25) is 9.48 Å². The Labute approximate surface area is 141 Å². The highest BCUT2D eigenvalue weighted by molar-refractivity contribution is 6.31. The molecule has 0 radical (unpaired) electrons. The summed E-state index contributed by atoms with van der Waals surface area (Å²) in [5.74, 6) is 0.0613. The molecule has 0 aliphatic carbocycles. The Morgan fingerprint density at radius 3 is 2.65 bits per heavy atom. The van der Waals surface area contributed by atoms with Crippen molar-refractivity contribution in [3.8, 4) is 0 Å². The molecule has 1 aliphatic rings. The fourth-order valence-electron chi connectivity index (χ4n) is 2.81. The Morgan fingerprint density at radius 1 is 1.22 bits per heavy atom. The number of nitrogens with zero attached hydrogens (tertiary/aromatic N) is 4. The maximum atomic E-state index is 12.6. The Hall–Kier alpha value is -1.85. The fourth-order valence-corrected chi connectivity index (χ4v) is 3.01. The van der Waals surface area contributed by atoms with Crippen LogP contribution in [-0.4, -0.2) is 58.2 Å². The van der Waals surface area contributed by atoms with Gasteiger partial charge < -0.3 is 9.80 Å². The number of hydrogen-bond donors (Lipinski definition) is 0. The van der Waals surface area contributed by atoms with E-state index in [1.807, 2.05) is 29.2 Å². The van der Waals surface area contributed by atoms with Gasteiger partial charge in [0.15, 0.2) is 0 Å². The zero-order valence-electron chi connectivity index (χ0n) is 13.3. The van der Waals surface area contributed by atoms with Crippen LogP contribution in [0.2, 0.25) is 5.02 Å². The first-order valence-corrected chi connectivity index (χ1v) is 8.32. The largest absolute Gasteiger partial charge is 0.336 e. The molecular formula is C17H21ClN4O. The highest BCUT2D eigenvalue weighted by Crippen LogP contribution is 2.16. The summed E-state index contributed by atoms with van der Waals surface area (Å²) < 4.78 is 1.76. The van der Waals surface area contributed by atoms with Crippen LogP contribution in [0.3, 0.4) is 0 Å². The molecule has 3 rings (SSSR count). The first-order chi connectivity index (χ1) is 11.2. The van der Waals surface area contributed by atoms with Gasteiger partial charge >= 0.3 is 0 Å². The molecule has 122 valence electrons. The molecule has 0 spiro atoms. The first kappa shape index (κ1) is 16.0. The predicted molar refractivity (Wildman–Crippen MR) is 90.8 cm³/mol. The lowest BCUT2D eigenvalue weighted by Gasteiger charge is -2.33. The highest BCUT2D eigenvalue weighted by Gasteiger charge is 2.22. The zero-order chi connectivity index (χ0) is 16.2. The number of carbonyl (C=O) groups is 1. The van der Waals surface area contributed by atoms with Crippen molar-refractivity contribution in [3.05, 3.63) is 52.8 Å². The molecule has 0 bridgehead atoms. The van der Waals surface area contributed by atoms with Gasteiger partial charge in [-0.05, 0) is 18.2 Å². The van der Waals surface area contributed by atoms with E-state index in [-0.39, 0.29) is 5.91 Å². The summed E-state index contributed by atoms with van der Waals surface area (Å²) in [5, 5.41) is 5.01. The molecule has 0 unspecified atom stereocenters. The second kappa shape index (κ2) is 7.15. The van der Waals surface area contributed by atoms with Crippen LogP contribution in [0.5, 0.6) is 0 Å². The lowest BCUT2D eigenvalue weighted by molar-refractivity contribution is 0.0643. The number of carbonyl (C=O) groups excluding carboxylic acids is 1. The Bertz CT molecular complexity index is 677. The van der Waals surface area contributed by atoms with Crippen LogP contribution in [-0.2, 0) is 6.54 Å². The number of amides is 1. The van der Waals surface area contributed by atoms with Crippen molar-refractivity contribution >= 4 is 17.5 Å². The summed E-state index contributed by atoms with van der Waals surface area (Å²) >= 11 is 6.17. The Morgan fingerprint density at radius 2 is 1.96 bits per heavy atom. The minimum Gasteiger partial charge on any atom is -0.336 e. The minimum atomic E-state index is 0.0613. The van der Waals surface area contributed by atoms with E-state index in [1.54, 1.807) is 17.1 Å². The molecule has 1 aromatic carbocycles. The van der Waals surface area contributed by atoms with Crippen LogP contribution in [0.4, 0.5) is 0 Å². The molecule has 0 N–H and O–H groups in total. The summed E-state index contributed by atoms with van der Waals surface area (Å²) in [6.07, 6.45) is 3.45. The van der Waals surface area contributed by atoms with Crippen molar-refractivity contribution in [3.63, 3.8) is 0 Å². The van der Waals surface area contributed by atoms with Crippen molar-refractivity contribution in [2.45, 2.75) is 13.5 Å². The zero-order valence-corrected chi connectivity index (χ0v) is 14.0. The molecule has 6 heteroatoms. The normalized spacial score (nSPS) is 15.8. The summed E-state index contributed by atoms with van der Waals surface area (Å²) in [5.41, 5.74) is 1.63. The van der Waals surface area contributed by atoms with Gasteiger partial charge in [-0.2, -0.15) is 5.10 Å². The molecule has 1 aromatic heterocycles. The third-order valence-electron chi connectivity index (χ3n) is 4.28. The third-order valence-corrected chi connectivity index (χ3v) is 4.65. The van der Waals surface area contributed by atoms with E-state index < -0.39 is 0 Å². The first-order valence-electron chi connectivity index (χ1n) is 7.95. The van der Waals surface area contributed by atoms with Crippen LogP contribution in [0.25, 0.3) is 0 Å². The topological polar surface area (TPSA) is 41.4 Å². The molecule has 1 saturated heterocycles. The second-order valence-electron chi connectivity index (χ2n) is 5.74. The molecule has 0 saturated carbocycles. The van der Waals surface area contributed by atoms with Crippen LogP contribution in [0.15, 0.2) is 36.7 Å². The SMILES string of the molecule is CCN1CCN(C(=O)c2cnn(Cc3ccccc3Cl)c2)CC1. The molecule has 1 aliphatic heterocycles. The number of piperazine rings is 1. The van der Waals surface area contributed by atoms with Crippen LogP contribution in [0, 0.1) is 0 Å². The predicted octanol–water partition coefficient (Wildman–Crippen LogP) is 2.36. The quantitative estimate of drug-likeness (QED) is 0.863. The summed E-state index contributed by atoms with van der Waals surface area (Å²) in [4.78, 5) is 16.8. The molecule has 2 aromatic rings. The van der Waals surface area contributed by atoms with Gasteiger partial charge in [0, 0.05) is 37.4 Å². The lowest BCUT2D eigenvalue weighted by atomic mass is 10.2. The standard InChI is InChI=1S/C17H21ClN4O/c1-2-20-7-9-21(10-8-20)17(23)15-11-19-22(13-15)12-14-5-3-4-6-16(14)18/h3-6,11,13H,2,7-10,12H2,1H3. The minimum absolute atomic E-state index is 0.0613. The van der Waals surface area contributed by atoms with E-state index in [0.717, 1.165) is 38.3 Å². The summed E-state index contributed by atoms with van der Waals surface area (Å²) in [7, 11) is 0. The van der Waals surface area contributed by atoms with Gasteiger partial charge in [-0.15, -0.1) is 0 Å². The monoisotopic (exact) mass is 332 g/mol. The molecule has 23 heavy (non-hydrogen) atoms. The lowest BCUT2D eigenvalue weighted by Crippen LogP contribution is -2.48. The van der Waals surface area contributed by atoms with E-state index in [4.69, 9.17) is 11.6 Å². The molecule has 1 amide bonds. The van der Waals surface area contributed by atoms with Gasteiger partial charge in [0.2, 0.25) is 0 Å². The fraction of sp³-hybridized carbons (Fsp3) is 0.412. The second-order valence-corrected chi connectivity index (χ2v) is 6.15. The smallest absolute Gasteiger partial charge is 0.257 e. The maximum Gasteiger partial charge on any atom is 0.257 e. The van der Waals surface area contributed by atoms with E-state index >= 15 is 0 Å². The number of halogens is 1. The van der Waals surface area contributed by atoms with Crippen molar-refractivity contribution in [1.82, 2.24) is 19.6 Å². The van der Waals surface area contributed by atoms with Crippen LogP contribution < -0.4 is 0 Å². The van der Waals surface area contributed by atoms with Gasteiger partial charge in [-0.25, -0.2) is 0 Å². The van der Waals surface area contributed by atoms with Crippen molar-refractivity contribution in [1.29, 1.82) is 0 Å². The number of likely N-dealkylation sites (N-methyl/N-ethyl adjacent to an activating group) is 1. The highest BCUT2D eigenvalue weighted by atomic mass is 35.5. The van der Waals surface area contributed by atoms with Crippen LogP contribution >= 0.6 is 11.6 Å². The number of aromatic nitrogens is 2. The number of rotatable bonds is 4. The van der Waals surface area contributed by atoms with Gasteiger partial charge in [0.1, 0.15) is 0 Å². The maximum absolute atomic E-state index is 12.6. The Balaban J connectivity index is 1.65. The third kappa shape index (κ3) is 3.74. The van der Waals surface area contributed by atoms with Crippen LogP contribution in [0.1, 0.15) is 22.8 Å². The van der Waals surface area contributed by atoms with E-state index in [0.29, 0.717) is 17.1 Å². The van der Waals surface area contributed by atoms with Crippen molar-refractivity contribution in [2.75, 3.05) is 32.7 Å². The van der Waals surface area contributed by atoms with E-state index in [1.165, 1.54) is 0 Å². The van der Waals surface area contributed by atoms with Crippen molar-refractivity contribution in [2.24, 2.45) is 0 Å². The summed E-state index contributed by atoms with van der Waals surface area (Å²) in [6, 6.07) is 7.68. The number of benzene rings is 1. The average Bonchev–Trinajstić information content (AvgIpc) is 3.05. The molecular weight excluding hydrogens is 312 g/mol. The van der Waals surface area contributed by atoms with E-state index in [2.05, 4.69) is 16.9 Å². The summed E-state index contributed by atoms with van der Waals surface area (Å²) in [6.45, 7) is 7.20. The van der Waals surface area contributed by atoms with E-state index in [9.17, 15) is 4.79 Å². The molecule has 5 nitrogen and oxygen atoms in total. The number of hydrogen-bond acceptors (Lipinski definition) is 3. The molecule has 2 heterocycles. The van der Waals surface area contributed by atoms with Gasteiger partial charge in [0.05, 0.1) is 18.3 Å². The van der Waals surface area contributed by atoms with Gasteiger partial charge in [0.25, 0.3) is 5.91 Å².